The van der Waals surface area contributed by atoms with Gasteiger partial charge in [0.25, 0.3) is 5.91 Å². The largest absolute Gasteiger partial charge is 0.494 e. The van der Waals surface area contributed by atoms with Gasteiger partial charge >= 0.3 is 0 Å². The van der Waals surface area contributed by atoms with Crippen molar-refractivity contribution in [2.45, 2.75) is 30.4 Å². The number of carbonyl (C=O) groups excluding carboxylic acids is 3. The van der Waals surface area contributed by atoms with Crippen molar-refractivity contribution in [2.75, 3.05) is 16.8 Å². The van der Waals surface area contributed by atoms with Crippen LogP contribution in [0, 0.1) is 6.92 Å². The molecular weight excluding hydrogens is 436 g/mol. The van der Waals surface area contributed by atoms with Crippen LogP contribution >= 0.6 is 11.8 Å². The van der Waals surface area contributed by atoms with Gasteiger partial charge in [-0.3, -0.25) is 14.4 Å². The predicted molar refractivity (Wildman–Crippen MR) is 130 cm³/mol. The van der Waals surface area contributed by atoms with Crippen LogP contribution in [0.2, 0.25) is 0 Å². The Morgan fingerprint density at radius 1 is 1.06 bits per heavy atom. The lowest BCUT2D eigenvalue weighted by atomic mass is 10.1. The summed E-state index contributed by atoms with van der Waals surface area (Å²) in [7, 11) is 0. The van der Waals surface area contributed by atoms with Gasteiger partial charge in [-0.25, -0.2) is 4.90 Å². The molecule has 3 aromatic rings. The fourth-order valence-corrected chi connectivity index (χ4v) is 4.65. The Morgan fingerprint density at radius 3 is 2.45 bits per heavy atom. The van der Waals surface area contributed by atoms with Gasteiger partial charge in [-0.1, -0.05) is 17.7 Å². The molecule has 168 valence electrons. The molecule has 1 unspecified atom stereocenters. The first-order valence-corrected chi connectivity index (χ1v) is 11.6. The number of aryl methyl sites for hydroxylation is 1. The summed E-state index contributed by atoms with van der Waals surface area (Å²) in [6.45, 7) is 4.39. The summed E-state index contributed by atoms with van der Waals surface area (Å²) in [6, 6.07) is 21.6. The van der Waals surface area contributed by atoms with Crippen LogP contribution < -0.4 is 15.0 Å². The monoisotopic (exact) mass is 460 g/mol. The van der Waals surface area contributed by atoms with Gasteiger partial charge in [0, 0.05) is 22.6 Å². The summed E-state index contributed by atoms with van der Waals surface area (Å²) in [6.07, 6.45) is 0.141. The number of carbonyl (C=O) groups is 3. The van der Waals surface area contributed by atoms with Crippen molar-refractivity contribution in [3.8, 4) is 5.75 Å². The Balaban J connectivity index is 1.39. The van der Waals surface area contributed by atoms with E-state index in [1.807, 2.05) is 44.2 Å². The predicted octanol–water partition coefficient (Wildman–Crippen LogP) is 5.07. The number of amides is 3. The molecule has 1 fully saturated rings. The first-order valence-electron chi connectivity index (χ1n) is 10.7. The number of benzene rings is 3. The van der Waals surface area contributed by atoms with Crippen LogP contribution in [0.3, 0.4) is 0 Å². The number of hydrogen-bond donors (Lipinski definition) is 1. The van der Waals surface area contributed by atoms with Gasteiger partial charge in [0.1, 0.15) is 5.75 Å². The molecule has 1 saturated heterocycles. The highest BCUT2D eigenvalue weighted by Crippen LogP contribution is 2.35. The highest BCUT2D eigenvalue weighted by Gasteiger charge is 2.40. The normalized spacial score (nSPS) is 15.6. The second kappa shape index (κ2) is 9.92. The van der Waals surface area contributed by atoms with E-state index >= 15 is 0 Å². The number of hydrogen-bond acceptors (Lipinski definition) is 5. The molecule has 4 rings (SSSR count). The maximum absolute atomic E-state index is 12.9. The van der Waals surface area contributed by atoms with Crippen LogP contribution in [0.1, 0.15) is 29.3 Å². The lowest BCUT2D eigenvalue weighted by Gasteiger charge is -2.15. The van der Waals surface area contributed by atoms with Crippen molar-refractivity contribution in [3.05, 3.63) is 83.9 Å². The molecule has 33 heavy (non-hydrogen) atoms. The number of anilines is 2. The molecule has 0 aromatic heterocycles. The number of thioether (sulfide) groups is 1. The molecule has 1 atom stereocenters. The summed E-state index contributed by atoms with van der Waals surface area (Å²) in [5.41, 5.74) is 2.82. The number of ether oxygens (including phenoxy) is 1. The molecule has 0 saturated carbocycles. The van der Waals surface area contributed by atoms with Crippen molar-refractivity contribution < 1.29 is 19.1 Å². The van der Waals surface area contributed by atoms with Gasteiger partial charge in [0.15, 0.2) is 0 Å². The van der Waals surface area contributed by atoms with Gasteiger partial charge in [-0.05, 0) is 74.5 Å². The Bertz CT molecular complexity index is 1180. The highest BCUT2D eigenvalue weighted by molar-refractivity contribution is 8.00. The molecule has 0 radical (unpaired) electrons. The topological polar surface area (TPSA) is 75.7 Å². The highest BCUT2D eigenvalue weighted by atomic mass is 32.2. The zero-order chi connectivity index (χ0) is 23.4. The van der Waals surface area contributed by atoms with Crippen molar-refractivity contribution in [1.82, 2.24) is 0 Å². The molecular formula is C26H24N2O4S. The van der Waals surface area contributed by atoms with Crippen molar-refractivity contribution in [2.24, 2.45) is 0 Å². The summed E-state index contributed by atoms with van der Waals surface area (Å²) in [5, 5.41) is 2.39. The third kappa shape index (κ3) is 5.26. The van der Waals surface area contributed by atoms with E-state index in [9.17, 15) is 14.4 Å². The van der Waals surface area contributed by atoms with Gasteiger partial charge in [-0.2, -0.15) is 0 Å². The molecule has 3 aromatic carbocycles. The van der Waals surface area contributed by atoms with Crippen LogP contribution in [0.4, 0.5) is 11.4 Å². The van der Waals surface area contributed by atoms with E-state index < -0.39 is 5.25 Å². The maximum Gasteiger partial charge on any atom is 0.255 e. The summed E-state index contributed by atoms with van der Waals surface area (Å²) in [4.78, 5) is 40.0. The van der Waals surface area contributed by atoms with E-state index in [1.165, 1.54) is 16.7 Å². The first-order chi connectivity index (χ1) is 15.9. The van der Waals surface area contributed by atoms with Crippen molar-refractivity contribution >= 4 is 40.9 Å². The molecule has 0 aliphatic carbocycles. The number of nitrogens with one attached hydrogen (secondary N) is 1. The molecule has 0 spiro atoms. The van der Waals surface area contributed by atoms with E-state index in [0.717, 1.165) is 10.5 Å². The molecule has 7 heteroatoms. The second-order valence-electron chi connectivity index (χ2n) is 7.65. The average molecular weight is 461 g/mol. The molecule has 1 aliphatic heterocycles. The van der Waals surface area contributed by atoms with E-state index in [0.29, 0.717) is 29.3 Å². The van der Waals surface area contributed by atoms with E-state index in [2.05, 4.69) is 5.32 Å². The van der Waals surface area contributed by atoms with E-state index in [-0.39, 0.29) is 24.1 Å². The zero-order valence-corrected chi connectivity index (χ0v) is 19.2. The van der Waals surface area contributed by atoms with E-state index in [1.54, 1.807) is 42.5 Å². The maximum atomic E-state index is 12.9. The zero-order valence-electron chi connectivity index (χ0n) is 18.4. The minimum atomic E-state index is -0.489. The minimum absolute atomic E-state index is 0.141. The molecule has 1 heterocycles. The molecule has 1 aliphatic rings. The quantitative estimate of drug-likeness (QED) is 0.498. The fourth-order valence-electron chi connectivity index (χ4n) is 3.60. The Morgan fingerprint density at radius 2 is 1.79 bits per heavy atom. The second-order valence-corrected chi connectivity index (χ2v) is 8.93. The number of rotatable bonds is 7. The Kier molecular flexibility index (Phi) is 6.79. The van der Waals surface area contributed by atoms with Crippen LogP contribution in [-0.2, 0) is 9.59 Å². The number of nitrogens with zero attached hydrogens (tertiary/aromatic N) is 1. The minimum Gasteiger partial charge on any atom is -0.494 e. The standard InChI is InChI=1S/C26H24N2O4S/c1-3-32-21-11-9-20(10-12-21)28-24(29)16-23(26(28)31)33-22-13-7-19(8-14-22)27-25(30)18-6-4-5-17(2)15-18/h4-15,23H,3,16H2,1-2H3,(H,27,30). The first kappa shape index (κ1) is 22.6. The third-order valence-electron chi connectivity index (χ3n) is 5.18. The van der Waals surface area contributed by atoms with E-state index in [4.69, 9.17) is 4.74 Å². The summed E-state index contributed by atoms with van der Waals surface area (Å²) >= 11 is 1.35. The van der Waals surface area contributed by atoms with Gasteiger partial charge in [0.2, 0.25) is 11.8 Å². The Hall–Kier alpha value is -3.58. The van der Waals surface area contributed by atoms with Crippen LogP contribution in [0.15, 0.2) is 77.7 Å². The van der Waals surface area contributed by atoms with Gasteiger partial charge in [-0.15, -0.1) is 11.8 Å². The third-order valence-corrected chi connectivity index (χ3v) is 6.38. The molecule has 6 nitrogen and oxygen atoms in total. The molecule has 3 amide bonds. The SMILES string of the molecule is CCOc1ccc(N2C(=O)CC(Sc3ccc(NC(=O)c4cccc(C)c4)cc3)C2=O)cc1. The van der Waals surface area contributed by atoms with Crippen LogP contribution in [-0.4, -0.2) is 29.6 Å². The smallest absolute Gasteiger partial charge is 0.255 e. The van der Waals surface area contributed by atoms with Gasteiger partial charge < -0.3 is 10.1 Å². The Labute approximate surface area is 196 Å². The number of imide groups is 1. The lowest BCUT2D eigenvalue weighted by molar-refractivity contribution is -0.121. The van der Waals surface area contributed by atoms with Crippen molar-refractivity contribution in [3.63, 3.8) is 0 Å². The summed E-state index contributed by atoms with van der Waals surface area (Å²) in [5.74, 6) is 0.0669. The van der Waals surface area contributed by atoms with Crippen molar-refractivity contribution in [1.29, 1.82) is 0 Å². The van der Waals surface area contributed by atoms with Crippen LogP contribution in [0.25, 0.3) is 0 Å². The lowest BCUT2D eigenvalue weighted by Crippen LogP contribution is -2.31. The van der Waals surface area contributed by atoms with Gasteiger partial charge in [0.05, 0.1) is 17.5 Å². The molecule has 1 N–H and O–H groups in total. The average Bonchev–Trinajstić information content (AvgIpc) is 3.08. The van der Waals surface area contributed by atoms with Crippen LogP contribution in [0.5, 0.6) is 5.75 Å². The summed E-state index contributed by atoms with van der Waals surface area (Å²) < 4.78 is 5.42. The molecule has 0 bridgehead atoms. The fraction of sp³-hybridized carbons (Fsp3) is 0.192.